The van der Waals surface area contributed by atoms with E-state index in [-0.39, 0.29) is 28.5 Å². The van der Waals surface area contributed by atoms with Crippen LogP contribution in [0, 0.1) is 0 Å². The van der Waals surface area contributed by atoms with Crippen LogP contribution < -0.4 is 0 Å². The molecule has 1 aromatic heterocycles. The molecule has 1 saturated carbocycles. The van der Waals surface area contributed by atoms with Crippen LogP contribution in [0.3, 0.4) is 0 Å². The second-order valence-electron chi connectivity index (χ2n) is 7.69. The molecule has 2 bridgehead atoms. The van der Waals surface area contributed by atoms with Gasteiger partial charge in [0.25, 0.3) is 0 Å². The van der Waals surface area contributed by atoms with Crippen LogP contribution in [-0.4, -0.2) is 10.1 Å². The summed E-state index contributed by atoms with van der Waals surface area (Å²) in [6.45, 7) is 0. The summed E-state index contributed by atoms with van der Waals surface area (Å²) in [4.78, 5) is 2.69. The van der Waals surface area contributed by atoms with Gasteiger partial charge in [0.05, 0.1) is 11.2 Å². The highest BCUT2D eigenvalue weighted by Crippen LogP contribution is 3.02. The van der Waals surface area contributed by atoms with Gasteiger partial charge in [0.2, 0.25) is 0 Å². The maximum Gasteiger partial charge on any atom is 0.310 e. The minimum Gasteiger partial charge on any atom is -0.508 e. The lowest BCUT2D eigenvalue weighted by atomic mass is 9.86. The summed E-state index contributed by atoms with van der Waals surface area (Å²) in [7, 11) is -9.76. The molecule has 28 heavy (non-hydrogen) atoms. The number of nitrogens with zero attached hydrogens (tertiary/aromatic N) is 1. The van der Waals surface area contributed by atoms with Gasteiger partial charge < -0.3 is 5.11 Å². The number of aromatic nitrogens is 1. The molecule has 1 heterocycles. The highest BCUT2D eigenvalue weighted by Gasteiger charge is 2.65. The Hall–Kier alpha value is -2.35. The maximum absolute atomic E-state index is 13.4. The number of fused-ring (bicyclic) bond motifs is 7. The summed E-state index contributed by atoms with van der Waals surface area (Å²) >= 11 is 0. The van der Waals surface area contributed by atoms with Crippen molar-refractivity contribution < 1.29 is 24.5 Å². The van der Waals surface area contributed by atoms with Crippen LogP contribution in [0.2, 0.25) is 0 Å². The van der Waals surface area contributed by atoms with Crippen molar-refractivity contribution in [1.82, 2.24) is 4.98 Å². The largest absolute Gasteiger partial charge is 0.508 e. The van der Waals surface area contributed by atoms with E-state index in [1.807, 2.05) is 0 Å². The fraction of sp³-hybridized carbons (Fsp3) is 0.250. The lowest BCUT2D eigenvalue weighted by molar-refractivity contribution is 0.364. The first-order valence-electron chi connectivity index (χ1n) is 8.92. The molecule has 0 radical (unpaired) electrons. The van der Waals surface area contributed by atoms with Crippen LogP contribution in [0.15, 0.2) is 47.4 Å². The van der Waals surface area contributed by atoms with Crippen LogP contribution in [0.1, 0.15) is 42.2 Å². The van der Waals surface area contributed by atoms with Crippen LogP contribution in [-0.2, 0) is 0 Å². The molecule has 0 amide bonds. The lowest BCUT2D eigenvalue weighted by Gasteiger charge is -2.40. The van der Waals surface area contributed by atoms with Crippen molar-refractivity contribution in [3.63, 3.8) is 0 Å². The average Bonchev–Trinajstić information content (AvgIpc) is 3.21. The number of phenols is 1. The fourth-order valence-electron chi connectivity index (χ4n) is 4.72. The molecule has 0 aliphatic heterocycles. The van der Waals surface area contributed by atoms with Gasteiger partial charge in [-0.25, -0.2) is 4.98 Å². The summed E-state index contributed by atoms with van der Waals surface area (Å²) in [5, 5.41) is 9.71. The smallest absolute Gasteiger partial charge is 0.310 e. The molecule has 2 atom stereocenters. The van der Waals surface area contributed by atoms with Gasteiger partial charge in [0.15, 0.2) is 0 Å². The highest BCUT2D eigenvalue weighted by atomic mass is 32.5. The zero-order valence-corrected chi connectivity index (χ0v) is 15.3. The van der Waals surface area contributed by atoms with E-state index in [1.165, 1.54) is 12.1 Å². The number of benzene rings is 2. The van der Waals surface area contributed by atoms with E-state index in [1.54, 1.807) is 12.1 Å². The molecule has 0 saturated heterocycles. The zero-order valence-electron chi connectivity index (χ0n) is 14.5. The Balaban J connectivity index is 1.83. The van der Waals surface area contributed by atoms with E-state index >= 15 is 0 Å². The van der Waals surface area contributed by atoms with Crippen LogP contribution >= 0.6 is 10.2 Å². The molecule has 1 fully saturated rings. The number of halogens is 5. The van der Waals surface area contributed by atoms with Gasteiger partial charge in [0, 0.05) is 10.9 Å². The Morgan fingerprint density at radius 2 is 1.50 bits per heavy atom. The zero-order chi connectivity index (χ0) is 20.0. The normalized spacial score (nSPS) is 23.5. The number of rotatable bonds is 2. The highest BCUT2D eigenvalue weighted by molar-refractivity contribution is 8.45. The van der Waals surface area contributed by atoms with Gasteiger partial charge >= 0.3 is 10.2 Å². The van der Waals surface area contributed by atoms with Crippen molar-refractivity contribution in [2.75, 3.05) is 0 Å². The topological polar surface area (TPSA) is 33.1 Å². The third kappa shape index (κ3) is 2.65. The lowest BCUT2D eigenvalue weighted by Crippen LogP contribution is -2.08. The molecule has 5 rings (SSSR count). The summed E-state index contributed by atoms with van der Waals surface area (Å²) in [6.07, 6.45) is 2.56. The molecular weight excluding hydrogens is 397 g/mol. The monoisotopic (exact) mass is 413 g/mol. The number of phenolic OH excluding ortho intramolecular Hbond substituents is 1. The van der Waals surface area contributed by atoms with Crippen LogP contribution in [0.5, 0.6) is 5.75 Å². The molecule has 2 nitrogen and oxygen atoms in total. The second kappa shape index (κ2) is 4.79. The number of hydrogen-bond acceptors (Lipinski definition) is 2. The van der Waals surface area contributed by atoms with Gasteiger partial charge in [-0.3, -0.25) is 0 Å². The van der Waals surface area contributed by atoms with Gasteiger partial charge in [-0.05, 0) is 84.7 Å². The van der Waals surface area contributed by atoms with Crippen LogP contribution in [0.25, 0.3) is 22.2 Å². The van der Waals surface area contributed by atoms with E-state index in [2.05, 4.69) is 4.98 Å². The Morgan fingerprint density at radius 1 is 0.857 bits per heavy atom. The molecule has 3 aromatic rings. The molecule has 0 spiro atoms. The Kier molecular flexibility index (Phi) is 3.03. The van der Waals surface area contributed by atoms with Gasteiger partial charge in [0.1, 0.15) is 10.6 Å². The third-order valence-corrected chi connectivity index (χ3v) is 7.02. The summed E-state index contributed by atoms with van der Waals surface area (Å²) in [6, 6.07) is 8.52. The van der Waals surface area contributed by atoms with E-state index in [4.69, 9.17) is 0 Å². The van der Waals surface area contributed by atoms with Crippen molar-refractivity contribution in [3.8, 4) is 17.0 Å². The molecule has 8 heteroatoms. The molecule has 148 valence electrons. The predicted molar refractivity (Wildman–Crippen MR) is 99.6 cm³/mol. The van der Waals surface area contributed by atoms with E-state index in [0.29, 0.717) is 17.8 Å². The van der Waals surface area contributed by atoms with Crippen molar-refractivity contribution in [2.45, 2.75) is 36.0 Å². The summed E-state index contributed by atoms with van der Waals surface area (Å²) in [5.41, 5.74) is 3.29. The Bertz CT molecular complexity index is 1140. The standard InChI is InChI=1S/C20H16F5NOS/c21-28(22,23,24,25)15-7-8-17-16(10-15)18-12-1-2-13(9-12)19(18)20(26-17)11-3-5-14(27)6-4-11/h3-8,10,12-13,27H,1-2,9H2/t12-,13+/m1/s1. The van der Waals surface area contributed by atoms with Gasteiger partial charge in [-0.1, -0.05) is 19.4 Å². The first-order chi connectivity index (χ1) is 12.9. The summed E-state index contributed by atoms with van der Waals surface area (Å²) < 4.78 is 66.8. The minimum atomic E-state index is -9.76. The average molecular weight is 413 g/mol. The van der Waals surface area contributed by atoms with E-state index in [0.717, 1.165) is 42.0 Å². The van der Waals surface area contributed by atoms with Gasteiger partial charge in [-0.2, -0.15) is 0 Å². The van der Waals surface area contributed by atoms with E-state index < -0.39 is 15.1 Å². The number of aromatic hydroxyl groups is 1. The molecule has 2 aliphatic rings. The van der Waals surface area contributed by atoms with Crippen molar-refractivity contribution in [2.24, 2.45) is 0 Å². The molecule has 2 aromatic carbocycles. The fourth-order valence-corrected chi connectivity index (χ4v) is 5.39. The second-order valence-corrected chi connectivity index (χ2v) is 10.1. The van der Waals surface area contributed by atoms with E-state index in [9.17, 15) is 24.5 Å². The third-order valence-electron chi connectivity index (χ3n) is 5.87. The number of hydrogen-bond donors (Lipinski definition) is 1. The summed E-state index contributed by atoms with van der Waals surface area (Å²) in [5.74, 6) is 0.336. The van der Waals surface area contributed by atoms with Crippen molar-refractivity contribution in [3.05, 3.63) is 53.6 Å². The molecular formula is C20H16F5NOS. The quantitative estimate of drug-likeness (QED) is 0.438. The maximum atomic E-state index is 13.4. The predicted octanol–water partition coefficient (Wildman–Crippen LogP) is 7.63. The van der Waals surface area contributed by atoms with Crippen molar-refractivity contribution >= 4 is 21.1 Å². The Morgan fingerprint density at radius 3 is 2.14 bits per heavy atom. The molecule has 1 N–H and O–H groups in total. The molecule has 0 unspecified atom stereocenters. The number of pyridine rings is 1. The van der Waals surface area contributed by atoms with Gasteiger partial charge in [-0.15, -0.1) is 0 Å². The minimum absolute atomic E-state index is 0.0649. The first kappa shape index (κ1) is 17.7. The van der Waals surface area contributed by atoms with Crippen LogP contribution in [0.4, 0.5) is 19.4 Å². The molecule has 2 aliphatic carbocycles. The Labute approximate surface area is 157 Å². The first-order valence-corrected chi connectivity index (χ1v) is 10.9. The van der Waals surface area contributed by atoms with Crippen molar-refractivity contribution in [1.29, 1.82) is 0 Å². The SMILES string of the molecule is Oc1ccc(-c2nc3ccc(S(F)(F)(F)(F)F)cc3c3c2[C@H]2CC[C@@H]3C2)cc1.